The Morgan fingerprint density at radius 2 is 0.927 bits per heavy atom. The second kappa shape index (κ2) is 19.7. The number of rotatable bonds is 3. The van der Waals surface area contributed by atoms with Gasteiger partial charge in [-0.1, -0.05) is 167 Å². The number of benzene rings is 5. The molecular weight excluding hydrogens is 492 g/mol. The maximum atomic E-state index is 2.32. The summed E-state index contributed by atoms with van der Waals surface area (Å²) in [7, 11) is 0. The molecule has 0 heterocycles. The normalized spacial score (nSPS) is 10.0. The molecule has 0 aliphatic heterocycles. The number of fused-ring (bicyclic) bond motifs is 7. The topological polar surface area (TPSA) is 0 Å². The van der Waals surface area contributed by atoms with Gasteiger partial charge in [-0.25, -0.2) is 0 Å². The lowest BCUT2D eigenvalue weighted by Crippen LogP contribution is -1.90. The first-order valence-corrected chi connectivity index (χ1v) is 16.3. The number of aryl methyl sites for hydroxylation is 3. The van der Waals surface area contributed by atoms with Crippen molar-refractivity contribution in [2.45, 2.75) is 102 Å². The predicted octanol–water partition coefficient (Wildman–Crippen LogP) is 13.0. The largest absolute Gasteiger partial charge is 0.0683 e. The van der Waals surface area contributed by atoms with Gasteiger partial charge in [-0.2, -0.15) is 0 Å². The van der Waals surface area contributed by atoms with E-state index in [2.05, 4.69) is 112 Å². The average Bonchev–Trinajstić information content (AvgIpc) is 3.47. The van der Waals surface area contributed by atoms with Crippen LogP contribution in [0.15, 0.2) is 91.0 Å². The summed E-state index contributed by atoms with van der Waals surface area (Å²) in [6.45, 7) is 22.6. The Bertz CT molecular complexity index is 1380. The van der Waals surface area contributed by atoms with Crippen molar-refractivity contribution in [3.05, 3.63) is 119 Å². The lowest BCUT2D eigenvalue weighted by molar-refractivity contribution is 1.04. The minimum atomic E-state index is 1.06. The van der Waals surface area contributed by atoms with Crippen LogP contribution in [0.25, 0.3) is 32.7 Å². The number of hydrogen-bond donors (Lipinski definition) is 0. The Labute approximate surface area is 252 Å². The van der Waals surface area contributed by atoms with E-state index in [0.29, 0.717) is 0 Å². The molecule has 41 heavy (non-hydrogen) atoms. The molecule has 5 aromatic rings. The maximum absolute atomic E-state index is 2.32. The van der Waals surface area contributed by atoms with Gasteiger partial charge in [-0.05, 0) is 86.2 Å². The van der Waals surface area contributed by atoms with Gasteiger partial charge in [-0.3, -0.25) is 0 Å². The van der Waals surface area contributed by atoms with E-state index in [1.165, 1.54) is 60.5 Å². The fourth-order valence-corrected chi connectivity index (χ4v) is 5.17. The van der Waals surface area contributed by atoms with Crippen molar-refractivity contribution in [3.8, 4) is 11.1 Å². The molecule has 0 N–H and O–H groups in total. The Hall–Kier alpha value is -3.38. The van der Waals surface area contributed by atoms with Crippen LogP contribution in [-0.4, -0.2) is 0 Å². The highest BCUT2D eigenvalue weighted by atomic mass is 14.2. The summed E-state index contributed by atoms with van der Waals surface area (Å²) in [6.07, 6.45) is 4.52. The van der Waals surface area contributed by atoms with Gasteiger partial charge in [0.1, 0.15) is 0 Å². The van der Waals surface area contributed by atoms with E-state index in [4.69, 9.17) is 0 Å². The lowest BCUT2D eigenvalue weighted by Gasteiger charge is -2.09. The summed E-state index contributed by atoms with van der Waals surface area (Å²) in [5.41, 5.74) is 10.2. The first-order chi connectivity index (χ1) is 20.2. The molecular formula is C41H56. The van der Waals surface area contributed by atoms with Gasteiger partial charge >= 0.3 is 0 Å². The molecule has 0 unspecified atom stereocenters. The molecule has 5 aromatic carbocycles. The first kappa shape index (κ1) is 35.6. The molecule has 0 spiro atoms. The zero-order valence-corrected chi connectivity index (χ0v) is 28.0. The predicted molar refractivity (Wildman–Crippen MR) is 190 cm³/mol. The maximum Gasteiger partial charge on any atom is -0.000728 e. The highest BCUT2D eigenvalue weighted by Crippen LogP contribution is 2.41. The van der Waals surface area contributed by atoms with Crippen LogP contribution in [0.2, 0.25) is 0 Å². The second-order valence-corrected chi connectivity index (χ2v) is 9.03. The molecule has 220 valence electrons. The standard InChI is InChI=1S/C21H14.C12H18.4C2H6/c1-3-7-16-14(5-1)9-10-20-18(16)11-12-19-17-8-4-2-6-15(17)13-21(19)20;1-4-10-7-11(5-2)9-12(6-3)8-10;4*1-2/h1-12H,13H2;7-9H,4-6H2,1-3H3;4*1-2H3. The van der Waals surface area contributed by atoms with Crippen LogP contribution in [0.5, 0.6) is 0 Å². The van der Waals surface area contributed by atoms with Crippen molar-refractivity contribution >= 4 is 21.5 Å². The molecule has 6 rings (SSSR count). The van der Waals surface area contributed by atoms with E-state index in [1.807, 2.05) is 55.4 Å². The summed E-state index contributed by atoms with van der Waals surface area (Å²) in [4.78, 5) is 0. The third-order valence-corrected chi connectivity index (χ3v) is 7.05. The van der Waals surface area contributed by atoms with Crippen LogP contribution >= 0.6 is 0 Å². The van der Waals surface area contributed by atoms with Crippen molar-refractivity contribution in [2.24, 2.45) is 0 Å². The first-order valence-electron chi connectivity index (χ1n) is 16.3. The van der Waals surface area contributed by atoms with Crippen LogP contribution < -0.4 is 0 Å². The van der Waals surface area contributed by atoms with Gasteiger partial charge < -0.3 is 0 Å². The molecule has 1 aliphatic carbocycles. The highest BCUT2D eigenvalue weighted by molar-refractivity contribution is 6.10. The minimum absolute atomic E-state index is 1.06. The zero-order valence-electron chi connectivity index (χ0n) is 28.0. The van der Waals surface area contributed by atoms with Crippen molar-refractivity contribution in [1.82, 2.24) is 0 Å². The van der Waals surface area contributed by atoms with Crippen LogP contribution in [0.1, 0.15) is 104 Å². The molecule has 0 radical (unpaired) electrons. The Kier molecular flexibility index (Phi) is 17.1. The molecule has 0 heteroatoms. The van der Waals surface area contributed by atoms with E-state index >= 15 is 0 Å². The minimum Gasteiger partial charge on any atom is -0.0683 e. The molecule has 0 saturated carbocycles. The fraction of sp³-hybridized carbons (Fsp3) is 0.366. The average molecular weight is 549 g/mol. The van der Waals surface area contributed by atoms with Gasteiger partial charge in [0.15, 0.2) is 0 Å². The van der Waals surface area contributed by atoms with Crippen LogP contribution in [0.4, 0.5) is 0 Å². The third kappa shape index (κ3) is 8.80. The van der Waals surface area contributed by atoms with Crippen molar-refractivity contribution in [3.63, 3.8) is 0 Å². The molecule has 0 fully saturated rings. The molecule has 0 bridgehead atoms. The smallest absolute Gasteiger partial charge is 0.000728 e. The van der Waals surface area contributed by atoms with Crippen molar-refractivity contribution in [1.29, 1.82) is 0 Å². The molecule has 1 aliphatic rings. The summed E-state index contributed by atoms with van der Waals surface area (Å²) >= 11 is 0. The lowest BCUT2D eigenvalue weighted by atomic mass is 9.95. The second-order valence-electron chi connectivity index (χ2n) is 9.03. The number of hydrogen-bond acceptors (Lipinski definition) is 0. The van der Waals surface area contributed by atoms with E-state index < -0.39 is 0 Å². The van der Waals surface area contributed by atoms with Crippen molar-refractivity contribution < 1.29 is 0 Å². The zero-order chi connectivity index (χ0) is 30.8. The van der Waals surface area contributed by atoms with Gasteiger partial charge in [0.05, 0.1) is 0 Å². The summed E-state index contributed by atoms with van der Waals surface area (Å²) < 4.78 is 0. The van der Waals surface area contributed by atoms with Gasteiger partial charge in [0.2, 0.25) is 0 Å². The van der Waals surface area contributed by atoms with Crippen LogP contribution in [0, 0.1) is 0 Å². The molecule has 0 saturated heterocycles. The van der Waals surface area contributed by atoms with Crippen molar-refractivity contribution in [2.75, 3.05) is 0 Å². The summed E-state index contributed by atoms with van der Waals surface area (Å²) in [5, 5.41) is 5.45. The van der Waals surface area contributed by atoms with Gasteiger partial charge in [0.25, 0.3) is 0 Å². The Morgan fingerprint density at radius 1 is 0.439 bits per heavy atom. The highest BCUT2D eigenvalue weighted by Gasteiger charge is 2.20. The van der Waals surface area contributed by atoms with E-state index in [1.54, 1.807) is 0 Å². The van der Waals surface area contributed by atoms with Gasteiger partial charge in [0, 0.05) is 0 Å². The molecule has 0 aromatic heterocycles. The van der Waals surface area contributed by atoms with Crippen LogP contribution in [0.3, 0.4) is 0 Å². The molecule has 0 atom stereocenters. The monoisotopic (exact) mass is 548 g/mol. The van der Waals surface area contributed by atoms with E-state index in [-0.39, 0.29) is 0 Å². The molecule has 0 nitrogen and oxygen atoms in total. The van der Waals surface area contributed by atoms with E-state index in [0.717, 1.165) is 25.7 Å². The Morgan fingerprint density at radius 3 is 1.49 bits per heavy atom. The third-order valence-electron chi connectivity index (χ3n) is 7.05. The molecule has 0 amide bonds. The Balaban J connectivity index is 0.000000362. The van der Waals surface area contributed by atoms with E-state index in [9.17, 15) is 0 Å². The SMILES string of the molecule is CC.CC.CC.CC.CCc1cc(CC)cc(CC)c1.c1ccc2c(c1)Cc1c-2ccc2c1ccc1ccccc12. The fourth-order valence-electron chi connectivity index (χ4n) is 5.17. The summed E-state index contributed by atoms with van der Waals surface area (Å²) in [5.74, 6) is 0. The van der Waals surface area contributed by atoms with Crippen LogP contribution in [-0.2, 0) is 25.7 Å². The summed E-state index contributed by atoms with van der Waals surface area (Å²) in [6, 6.07) is 33.5. The van der Waals surface area contributed by atoms with Gasteiger partial charge in [-0.15, -0.1) is 0 Å². The quantitative estimate of drug-likeness (QED) is 0.193.